The Kier molecular flexibility index (Phi) is 6.97. The van der Waals surface area contributed by atoms with Gasteiger partial charge in [-0.2, -0.15) is 0 Å². The van der Waals surface area contributed by atoms with Gasteiger partial charge in [-0.25, -0.2) is 0 Å². The molecule has 0 atom stereocenters. The smallest absolute Gasteiger partial charge is 0.326 e. The molecule has 7 nitrogen and oxygen atoms in total. The molecule has 0 fully saturated rings. The Morgan fingerprint density at radius 3 is 2.65 bits per heavy atom. The minimum atomic E-state index is -0.515. The van der Waals surface area contributed by atoms with Crippen molar-refractivity contribution in [3.63, 3.8) is 0 Å². The number of benzene rings is 1. The van der Waals surface area contributed by atoms with E-state index in [0.29, 0.717) is 11.3 Å². The molecule has 1 aromatic carbocycles. The van der Waals surface area contributed by atoms with E-state index in [2.05, 4.69) is 24.1 Å². The fourth-order valence-corrected chi connectivity index (χ4v) is 3.25. The van der Waals surface area contributed by atoms with Crippen molar-refractivity contribution >= 4 is 17.6 Å². The quantitative estimate of drug-likeness (QED) is 0.588. The summed E-state index contributed by atoms with van der Waals surface area (Å²) in [6, 6.07) is 12.2. The van der Waals surface area contributed by atoms with Crippen LogP contribution in [0.25, 0.3) is 11.1 Å². The normalized spacial score (nSPS) is 10.7. The molecule has 1 N–H and O–H groups in total. The first-order chi connectivity index (χ1) is 14.9. The highest BCUT2D eigenvalue weighted by molar-refractivity contribution is 6.05. The van der Waals surface area contributed by atoms with E-state index in [9.17, 15) is 14.4 Å². The molecule has 3 rings (SSSR count). The van der Waals surface area contributed by atoms with E-state index in [1.807, 2.05) is 24.3 Å². The number of nitrogens with zero attached hydrogens (tertiary/aromatic N) is 2. The lowest BCUT2D eigenvalue weighted by Crippen LogP contribution is -2.25. The topological polar surface area (TPSA) is 90.3 Å². The number of carbonyl (C=O) groups excluding carboxylic acids is 2. The van der Waals surface area contributed by atoms with Gasteiger partial charge >= 0.3 is 5.97 Å². The SMILES string of the molecule is CCOC(=O)Cn1cc(NC(=O)c2ccc(C(C)C)c(-c3cccnc3)c2)ccc1=O. The highest BCUT2D eigenvalue weighted by Gasteiger charge is 2.14. The number of nitrogens with one attached hydrogen (secondary N) is 1. The van der Waals surface area contributed by atoms with E-state index in [0.717, 1.165) is 16.7 Å². The van der Waals surface area contributed by atoms with Crippen molar-refractivity contribution in [3.8, 4) is 11.1 Å². The van der Waals surface area contributed by atoms with Gasteiger partial charge in [-0.15, -0.1) is 0 Å². The molecule has 3 aromatic rings. The maximum Gasteiger partial charge on any atom is 0.326 e. The first kappa shape index (κ1) is 22.0. The average Bonchev–Trinajstić information content (AvgIpc) is 2.76. The zero-order valence-corrected chi connectivity index (χ0v) is 17.8. The first-order valence-electron chi connectivity index (χ1n) is 10.1. The van der Waals surface area contributed by atoms with Crippen LogP contribution in [-0.4, -0.2) is 28.0 Å². The predicted octanol–water partition coefficient (Wildman–Crippen LogP) is 3.85. The van der Waals surface area contributed by atoms with Gasteiger partial charge in [0.1, 0.15) is 6.54 Å². The van der Waals surface area contributed by atoms with Crippen LogP contribution in [0.3, 0.4) is 0 Å². The van der Waals surface area contributed by atoms with Gasteiger partial charge in [0.05, 0.1) is 12.3 Å². The molecule has 0 unspecified atom stereocenters. The third-order valence-electron chi connectivity index (χ3n) is 4.76. The Morgan fingerprint density at radius 2 is 1.97 bits per heavy atom. The zero-order chi connectivity index (χ0) is 22.4. The largest absolute Gasteiger partial charge is 0.465 e. The van der Waals surface area contributed by atoms with Crippen molar-refractivity contribution in [1.82, 2.24) is 9.55 Å². The second-order valence-electron chi connectivity index (χ2n) is 7.34. The third-order valence-corrected chi connectivity index (χ3v) is 4.76. The zero-order valence-electron chi connectivity index (χ0n) is 17.8. The third kappa shape index (κ3) is 5.45. The van der Waals surface area contributed by atoms with Crippen molar-refractivity contribution in [3.05, 3.63) is 82.5 Å². The van der Waals surface area contributed by atoms with Gasteiger partial charge in [0, 0.05) is 35.8 Å². The molecule has 31 heavy (non-hydrogen) atoms. The summed E-state index contributed by atoms with van der Waals surface area (Å²) < 4.78 is 6.09. The van der Waals surface area contributed by atoms with Crippen LogP contribution in [0.4, 0.5) is 5.69 Å². The van der Waals surface area contributed by atoms with Gasteiger partial charge in [0.15, 0.2) is 0 Å². The Morgan fingerprint density at radius 1 is 1.16 bits per heavy atom. The summed E-state index contributed by atoms with van der Waals surface area (Å²) in [5.41, 5.74) is 3.53. The average molecular weight is 419 g/mol. The monoisotopic (exact) mass is 419 g/mol. The van der Waals surface area contributed by atoms with E-state index in [4.69, 9.17) is 4.74 Å². The number of ether oxygens (including phenoxy) is 1. The number of carbonyl (C=O) groups is 2. The van der Waals surface area contributed by atoms with Crippen LogP contribution in [0, 0.1) is 0 Å². The predicted molar refractivity (Wildman–Crippen MR) is 119 cm³/mol. The van der Waals surface area contributed by atoms with Gasteiger partial charge in [-0.05, 0) is 48.2 Å². The lowest BCUT2D eigenvalue weighted by Gasteiger charge is -2.15. The van der Waals surface area contributed by atoms with Crippen LogP contribution in [0.5, 0.6) is 0 Å². The number of hydrogen-bond acceptors (Lipinski definition) is 5. The second-order valence-corrected chi connectivity index (χ2v) is 7.34. The molecule has 2 heterocycles. The summed E-state index contributed by atoms with van der Waals surface area (Å²) in [5.74, 6) is -0.556. The second kappa shape index (κ2) is 9.84. The van der Waals surface area contributed by atoms with Crippen LogP contribution in [0.2, 0.25) is 0 Å². The van der Waals surface area contributed by atoms with Gasteiger partial charge in [-0.3, -0.25) is 19.4 Å². The Bertz CT molecular complexity index is 1140. The molecule has 0 saturated carbocycles. The number of hydrogen-bond donors (Lipinski definition) is 1. The summed E-state index contributed by atoms with van der Waals surface area (Å²) in [4.78, 5) is 40.8. The number of rotatable bonds is 7. The van der Waals surface area contributed by atoms with Gasteiger partial charge in [0.25, 0.3) is 11.5 Å². The Labute approximate surface area is 180 Å². The van der Waals surface area contributed by atoms with Crippen LogP contribution in [0.1, 0.15) is 42.6 Å². The van der Waals surface area contributed by atoms with Gasteiger partial charge in [0.2, 0.25) is 0 Å². The van der Waals surface area contributed by atoms with Gasteiger partial charge in [-0.1, -0.05) is 26.0 Å². The van der Waals surface area contributed by atoms with Crippen molar-refractivity contribution in [2.45, 2.75) is 33.2 Å². The molecule has 0 spiro atoms. The maximum atomic E-state index is 12.9. The molecule has 0 radical (unpaired) electrons. The van der Waals surface area contributed by atoms with E-state index in [-0.39, 0.29) is 30.5 Å². The van der Waals surface area contributed by atoms with Crippen LogP contribution in [0.15, 0.2) is 65.8 Å². The highest BCUT2D eigenvalue weighted by Crippen LogP contribution is 2.30. The standard InChI is InChI=1S/C24H25N3O4/c1-4-31-23(29)15-27-14-19(8-10-22(27)28)26-24(30)17-7-9-20(16(2)3)21(12-17)18-6-5-11-25-13-18/h5-14,16H,4,15H2,1-3H3,(H,26,30). The number of aromatic nitrogens is 2. The van der Waals surface area contributed by atoms with Crippen molar-refractivity contribution < 1.29 is 14.3 Å². The number of anilines is 1. The minimum Gasteiger partial charge on any atom is -0.465 e. The lowest BCUT2D eigenvalue weighted by molar-refractivity contribution is -0.143. The molecule has 0 aliphatic heterocycles. The van der Waals surface area contributed by atoms with Crippen molar-refractivity contribution in [1.29, 1.82) is 0 Å². The molecule has 0 aliphatic carbocycles. The fourth-order valence-electron chi connectivity index (χ4n) is 3.25. The molecule has 1 amide bonds. The molecule has 7 heteroatoms. The fraction of sp³-hybridized carbons (Fsp3) is 0.250. The van der Waals surface area contributed by atoms with E-state index < -0.39 is 5.97 Å². The summed E-state index contributed by atoms with van der Waals surface area (Å²) in [6.07, 6.45) is 4.91. The summed E-state index contributed by atoms with van der Waals surface area (Å²) in [6.45, 7) is 5.91. The molecule has 0 bridgehead atoms. The van der Waals surface area contributed by atoms with Crippen LogP contribution < -0.4 is 10.9 Å². The number of amides is 1. The Hall–Kier alpha value is -3.74. The lowest BCUT2D eigenvalue weighted by atomic mass is 9.91. The van der Waals surface area contributed by atoms with Crippen LogP contribution in [-0.2, 0) is 16.1 Å². The molecule has 0 aliphatic rings. The highest BCUT2D eigenvalue weighted by atomic mass is 16.5. The first-order valence-corrected chi connectivity index (χ1v) is 10.1. The summed E-state index contributed by atoms with van der Waals surface area (Å²) in [7, 11) is 0. The molecular weight excluding hydrogens is 394 g/mol. The summed E-state index contributed by atoms with van der Waals surface area (Å²) >= 11 is 0. The van der Waals surface area contributed by atoms with E-state index >= 15 is 0 Å². The number of pyridine rings is 2. The summed E-state index contributed by atoms with van der Waals surface area (Å²) in [5, 5.41) is 2.79. The molecular formula is C24H25N3O4. The van der Waals surface area contributed by atoms with Gasteiger partial charge < -0.3 is 14.6 Å². The van der Waals surface area contributed by atoms with Crippen LogP contribution >= 0.6 is 0 Å². The van der Waals surface area contributed by atoms with E-state index in [1.165, 1.54) is 22.9 Å². The molecule has 2 aromatic heterocycles. The van der Waals surface area contributed by atoms with Crippen molar-refractivity contribution in [2.75, 3.05) is 11.9 Å². The van der Waals surface area contributed by atoms with Crippen molar-refractivity contribution in [2.24, 2.45) is 0 Å². The number of esters is 1. The maximum absolute atomic E-state index is 12.9. The minimum absolute atomic E-state index is 0.218. The van der Waals surface area contributed by atoms with E-state index in [1.54, 1.807) is 25.4 Å². The molecule has 0 saturated heterocycles. The Balaban J connectivity index is 1.87. The molecule has 160 valence electrons.